The quantitative estimate of drug-likeness (QED) is 0.195. The molecule has 0 spiro atoms. The van der Waals surface area contributed by atoms with Gasteiger partial charge in [0.25, 0.3) is 0 Å². The van der Waals surface area contributed by atoms with Crippen molar-refractivity contribution in [3.8, 4) is 11.5 Å². The fourth-order valence-electron chi connectivity index (χ4n) is 4.64. The minimum atomic E-state index is -3.96. The minimum absolute atomic E-state index is 0.217. The number of thiophene rings is 1. The molecule has 1 aromatic heterocycles. The molecule has 4 aromatic rings. The number of carbonyl (C=O) groups excluding carboxylic acids is 1. The highest BCUT2D eigenvalue weighted by Crippen LogP contribution is 2.29. The van der Waals surface area contributed by atoms with Gasteiger partial charge in [0.05, 0.1) is 32.2 Å². The van der Waals surface area contributed by atoms with Crippen molar-refractivity contribution in [3.63, 3.8) is 0 Å². The van der Waals surface area contributed by atoms with Gasteiger partial charge >= 0.3 is 0 Å². The van der Waals surface area contributed by atoms with Crippen LogP contribution in [0.2, 0.25) is 0 Å². The molecule has 0 aliphatic carbocycles. The molecule has 0 saturated carbocycles. The normalized spacial score (nSPS) is 12.4. The maximum Gasteiger partial charge on any atom is 0.244 e. The molecule has 1 amide bonds. The van der Waals surface area contributed by atoms with Gasteiger partial charge in [-0.1, -0.05) is 55.5 Å². The van der Waals surface area contributed by atoms with E-state index in [2.05, 4.69) is 0 Å². The summed E-state index contributed by atoms with van der Waals surface area (Å²) in [6, 6.07) is 22.0. The molecule has 0 saturated heterocycles. The van der Waals surface area contributed by atoms with E-state index in [4.69, 9.17) is 9.47 Å². The molecule has 4 rings (SSSR count). The number of carbonyl (C=O) groups is 1. The Labute approximate surface area is 241 Å². The second-order valence-electron chi connectivity index (χ2n) is 9.62. The molecule has 7 nitrogen and oxygen atoms in total. The molecule has 1 heterocycles. The van der Waals surface area contributed by atoms with E-state index >= 15 is 0 Å². The van der Waals surface area contributed by atoms with Crippen LogP contribution in [0.4, 0.5) is 0 Å². The van der Waals surface area contributed by atoms with Crippen LogP contribution in [-0.2, 0) is 27.8 Å². The number of amides is 1. The van der Waals surface area contributed by atoms with E-state index in [1.165, 1.54) is 4.31 Å². The zero-order valence-electron chi connectivity index (χ0n) is 23.4. The summed E-state index contributed by atoms with van der Waals surface area (Å²) in [5.74, 6) is 1.03. The van der Waals surface area contributed by atoms with Gasteiger partial charge in [0, 0.05) is 22.8 Å². The number of methoxy groups -OCH3 is 2. The van der Waals surface area contributed by atoms with Crippen LogP contribution in [0.5, 0.6) is 11.5 Å². The van der Waals surface area contributed by atoms with Crippen molar-refractivity contribution in [1.29, 1.82) is 0 Å². The van der Waals surface area contributed by atoms with E-state index in [1.54, 1.807) is 42.6 Å². The SMILES string of the molecule is CC[C@@H](C)N(CC(=O)N(CCc1ccc(OC)c(OC)c1)Cc1cccs1)S(=O)(=O)c1cccc2ccccc12. The highest BCUT2D eigenvalue weighted by Gasteiger charge is 2.33. The van der Waals surface area contributed by atoms with Gasteiger partial charge in [-0.3, -0.25) is 4.79 Å². The summed E-state index contributed by atoms with van der Waals surface area (Å²) < 4.78 is 40.3. The Morgan fingerprint density at radius 1 is 0.950 bits per heavy atom. The van der Waals surface area contributed by atoms with Crippen LogP contribution in [-0.4, -0.2) is 56.9 Å². The van der Waals surface area contributed by atoms with Gasteiger partial charge in [-0.2, -0.15) is 4.31 Å². The average molecular weight is 581 g/mol. The van der Waals surface area contributed by atoms with E-state index in [-0.39, 0.29) is 23.4 Å². The zero-order chi connectivity index (χ0) is 28.7. The van der Waals surface area contributed by atoms with Gasteiger partial charge in [0.15, 0.2) is 11.5 Å². The van der Waals surface area contributed by atoms with Crippen molar-refractivity contribution in [1.82, 2.24) is 9.21 Å². The minimum Gasteiger partial charge on any atom is -0.493 e. The monoisotopic (exact) mass is 580 g/mol. The van der Waals surface area contributed by atoms with Crippen LogP contribution in [0, 0.1) is 0 Å². The molecule has 3 aromatic carbocycles. The number of benzene rings is 3. The van der Waals surface area contributed by atoms with Crippen molar-refractivity contribution in [2.75, 3.05) is 27.3 Å². The average Bonchev–Trinajstić information content (AvgIpc) is 3.50. The van der Waals surface area contributed by atoms with E-state index in [0.29, 0.717) is 42.8 Å². The van der Waals surface area contributed by atoms with Crippen molar-refractivity contribution in [2.45, 2.75) is 44.2 Å². The molecule has 9 heteroatoms. The highest BCUT2D eigenvalue weighted by atomic mass is 32.2. The lowest BCUT2D eigenvalue weighted by molar-refractivity contribution is -0.132. The maximum atomic E-state index is 14.1. The van der Waals surface area contributed by atoms with E-state index in [1.807, 2.05) is 79.9 Å². The smallest absolute Gasteiger partial charge is 0.244 e. The first-order chi connectivity index (χ1) is 19.3. The van der Waals surface area contributed by atoms with Crippen molar-refractivity contribution < 1.29 is 22.7 Å². The third-order valence-corrected chi connectivity index (χ3v) is 9.99. The Balaban J connectivity index is 1.62. The van der Waals surface area contributed by atoms with Crippen molar-refractivity contribution in [2.24, 2.45) is 0 Å². The predicted molar refractivity (Wildman–Crippen MR) is 161 cm³/mol. The summed E-state index contributed by atoms with van der Waals surface area (Å²) in [4.78, 5) is 16.9. The fraction of sp³-hybridized carbons (Fsp3) is 0.323. The largest absolute Gasteiger partial charge is 0.493 e. The van der Waals surface area contributed by atoms with Gasteiger partial charge in [-0.05, 0) is 60.4 Å². The first-order valence-corrected chi connectivity index (χ1v) is 15.6. The summed E-state index contributed by atoms with van der Waals surface area (Å²) in [5.41, 5.74) is 0.990. The fourth-order valence-corrected chi connectivity index (χ4v) is 7.23. The molecule has 0 N–H and O–H groups in total. The van der Waals surface area contributed by atoms with Crippen LogP contribution in [0.15, 0.2) is 83.1 Å². The number of sulfonamides is 1. The van der Waals surface area contributed by atoms with Gasteiger partial charge in [-0.25, -0.2) is 8.42 Å². The third-order valence-electron chi connectivity index (χ3n) is 7.11. The standard InChI is InChI=1S/C31H36N2O5S2/c1-5-23(2)33(40(35,36)30-14-8-11-25-10-6-7-13-27(25)30)22-31(34)32(21-26-12-9-19-39-26)18-17-24-15-16-28(37-3)29(20-24)38-4/h6-16,19-20,23H,5,17-18,21-22H2,1-4H3/t23-/m1/s1. The molecule has 0 bridgehead atoms. The molecule has 0 radical (unpaired) electrons. The first-order valence-electron chi connectivity index (χ1n) is 13.3. The second kappa shape index (κ2) is 13.3. The summed E-state index contributed by atoms with van der Waals surface area (Å²) in [6.45, 7) is 4.38. The van der Waals surface area contributed by atoms with E-state index in [0.717, 1.165) is 15.8 Å². The first kappa shape index (κ1) is 29.6. The number of hydrogen-bond donors (Lipinski definition) is 0. The highest BCUT2D eigenvalue weighted by molar-refractivity contribution is 7.89. The lowest BCUT2D eigenvalue weighted by Gasteiger charge is -2.31. The number of nitrogens with zero attached hydrogens (tertiary/aromatic N) is 2. The maximum absolute atomic E-state index is 14.1. The molecular weight excluding hydrogens is 544 g/mol. The Morgan fingerprint density at radius 3 is 2.40 bits per heavy atom. The molecule has 1 atom stereocenters. The lowest BCUT2D eigenvalue weighted by atomic mass is 10.1. The third kappa shape index (κ3) is 6.66. The Morgan fingerprint density at radius 2 is 1.70 bits per heavy atom. The van der Waals surface area contributed by atoms with Gasteiger partial charge < -0.3 is 14.4 Å². The van der Waals surface area contributed by atoms with Crippen molar-refractivity contribution >= 4 is 38.0 Å². The number of hydrogen-bond acceptors (Lipinski definition) is 6. The van der Waals surface area contributed by atoms with Crippen molar-refractivity contribution in [3.05, 3.63) is 88.6 Å². The van der Waals surface area contributed by atoms with E-state index in [9.17, 15) is 13.2 Å². The summed E-state index contributed by atoms with van der Waals surface area (Å²) in [6.07, 6.45) is 1.16. The van der Waals surface area contributed by atoms with Gasteiger partial charge in [0.2, 0.25) is 15.9 Å². The number of fused-ring (bicyclic) bond motifs is 1. The Kier molecular flexibility index (Phi) is 9.84. The van der Waals surface area contributed by atoms with Crippen LogP contribution >= 0.6 is 11.3 Å². The van der Waals surface area contributed by atoms with Crippen LogP contribution in [0.3, 0.4) is 0 Å². The molecule has 0 unspecified atom stereocenters. The molecule has 0 aliphatic heterocycles. The zero-order valence-corrected chi connectivity index (χ0v) is 25.0. The Hall–Kier alpha value is -3.40. The molecule has 212 valence electrons. The number of rotatable bonds is 13. The molecule has 0 fully saturated rings. The topological polar surface area (TPSA) is 76.2 Å². The lowest BCUT2D eigenvalue weighted by Crippen LogP contribution is -2.46. The van der Waals surface area contributed by atoms with Gasteiger partial charge in [-0.15, -0.1) is 11.3 Å². The summed E-state index contributed by atoms with van der Waals surface area (Å²) in [5, 5.41) is 3.46. The van der Waals surface area contributed by atoms with Crippen LogP contribution in [0.25, 0.3) is 10.8 Å². The van der Waals surface area contributed by atoms with Crippen LogP contribution in [0.1, 0.15) is 30.7 Å². The molecule has 40 heavy (non-hydrogen) atoms. The summed E-state index contributed by atoms with van der Waals surface area (Å²) in [7, 11) is -0.772. The Bertz CT molecular complexity index is 1530. The predicted octanol–water partition coefficient (Wildman–Crippen LogP) is 5.98. The molecule has 0 aliphatic rings. The summed E-state index contributed by atoms with van der Waals surface area (Å²) >= 11 is 1.57. The van der Waals surface area contributed by atoms with Gasteiger partial charge in [0.1, 0.15) is 0 Å². The molecular formula is C31H36N2O5S2. The van der Waals surface area contributed by atoms with E-state index < -0.39 is 10.0 Å². The number of ether oxygens (including phenoxy) is 2. The van der Waals surface area contributed by atoms with Crippen LogP contribution < -0.4 is 9.47 Å². The second-order valence-corrected chi connectivity index (χ2v) is 12.5.